The van der Waals surface area contributed by atoms with Gasteiger partial charge in [0.2, 0.25) is 6.79 Å². The van der Waals surface area contributed by atoms with Crippen molar-refractivity contribution < 1.29 is 23.6 Å². The van der Waals surface area contributed by atoms with Crippen LogP contribution in [0.15, 0.2) is 47.0 Å². The molecule has 4 rings (SSSR count). The van der Waals surface area contributed by atoms with Gasteiger partial charge in [-0.15, -0.1) is 0 Å². The molecule has 1 aliphatic heterocycles. The number of carbonyl (C=O) groups excluding carboxylic acids is 2. The van der Waals surface area contributed by atoms with Crippen molar-refractivity contribution in [3.63, 3.8) is 0 Å². The molecule has 0 saturated carbocycles. The van der Waals surface area contributed by atoms with Gasteiger partial charge in [-0.3, -0.25) is 4.79 Å². The molecular weight excluding hydrogens is 426 g/mol. The first kappa shape index (κ1) is 22.1. The number of carbonyl (C=O) groups is 2. The zero-order chi connectivity index (χ0) is 23.2. The van der Waals surface area contributed by atoms with Gasteiger partial charge in [0.25, 0.3) is 0 Å². The van der Waals surface area contributed by atoms with Crippen LogP contribution in [0.25, 0.3) is 0 Å². The molecule has 1 aliphatic rings. The number of benzene rings is 2. The number of ether oxygens (including phenoxy) is 2. The standard InChI is InChI=1S/C23H25N5O5/c1-15-3-5-16(6-4-15)12-25-23(30)28(2)10-9-20-26-22(33-27-20)21(29)24-13-17-7-8-18-19(11-17)32-14-31-18/h3-8,11H,9-10,12-14H2,1-2H3,(H,24,29)(H,25,30). The molecule has 0 unspecified atom stereocenters. The third-order valence-corrected chi connectivity index (χ3v) is 5.13. The maximum absolute atomic E-state index is 12.3. The molecule has 0 radical (unpaired) electrons. The maximum Gasteiger partial charge on any atom is 0.317 e. The third-order valence-electron chi connectivity index (χ3n) is 5.13. The lowest BCUT2D eigenvalue weighted by atomic mass is 10.1. The van der Waals surface area contributed by atoms with Crippen LogP contribution in [0.2, 0.25) is 0 Å². The smallest absolute Gasteiger partial charge is 0.317 e. The van der Waals surface area contributed by atoms with E-state index < -0.39 is 5.91 Å². The SMILES string of the molecule is Cc1ccc(CNC(=O)N(C)CCc2noc(C(=O)NCc3ccc4c(c3)OCO4)n2)cc1. The molecule has 2 N–H and O–H groups in total. The van der Waals surface area contributed by atoms with E-state index in [-0.39, 0.29) is 25.3 Å². The molecule has 0 saturated heterocycles. The van der Waals surface area contributed by atoms with Gasteiger partial charge in [0.15, 0.2) is 17.3 Å². The van der Waals surface area contributed by atoms with E-state index in [0.717, 1.165) is 11.1 Å². The molecule has 3 aromatic rings. The number of amides is 3. The molecule has 0 spiro atoms. The van der Waals surface area contributed by atoms with Crippen molar-refractivity contribution >= 4 is 11.9 Å². The van der Waals surface area contributed by atoms with E-state index in [2.05, 4.69) is 20.8 Å². The van der Waals surface area contributed by atoms with Gasteiger partial charge >= 0.3 is 17.8 Å². The van der Waals surface area contributed by atoms with Crippen LogP contribution in [0.4, 0.5) is 4.79 Å². The lowest BCUT2D eigenvalue weighted by molar-refractivity contribution is 0.0907. The lowest BCUT2D eigenvalue weighted by Crippen LogP contribution is -2.38. The summed E-state index contributed by atoms with van der Waals surface area (Å²) in [7, 11) is 1.68. The van der Waals surface area contributed by atoms with E-state index in [0.29, 0.717) is 36.8 Å². The summed E-state index contributed by atoms with van der Waals surface area (Å²) >= 11 is 0. The minimum absolute atomic E-state index is 0.128. The van der Waals surface area contributed by atoms with Gasteiger partial charge in [-0.2, -0.15) is 4.98 Å². The number of hydrogen-bond acceptors (Lipinski definition) is 7. The Hall–Kier alpha value is -4.08. The first-order chi connectivity index (χ1) is 16.0. The van der Waals surface area contributed by atoms with E-state index in [4.69, 9.17) is 14.0 Å². The molecule has 10 heteroatoms. The van der Waals surface area contributed by atoms with E-state index in [9.17, 15) is 9.59 Å². The molecule has 2 heterocycles. The van der Waals surface area contributed by atoms with E-state index >= 15 is 0 Å². The second-order valence-electron chi connectivity index (χ2n) is 7.70. The average molecular weight is 451 g/mol. The highest BCUT2D eigenvalue weighted by molar-refractivity contribution is 5.89. The second-order valence-corrected chi connectivity index (χ2v) is 7.70. The fourth-order valence-electron chi connectivity index (χ4n) is 3.14. The van der Waals surface area contributed by atoms with Crippen molar-refractivity contribution in [3.8, 4) is 11.5 Å². The Bertz CT molecular complexity index is 1130. The number of fused-ring (bicyclic) bond motifs is 1. The highest BCUT2D eigenvalue weighted by Crippen LogP contribution is 2.32. The van der Waals surface area contributed by atoms with Crippen molar-refractivity contribution in [1.29, 1.82) is 0 Å². The summed E-state index contributed by atoms with van der Waals surface area (Å²) in [6, 6.07) is 13.2. The molecule has 0 atom stereocenters. The average Bonchev–Trinajstić information content (AvgIpc) is 3.49. The number of nitrogens with zero attached hydrogens (tertiary/aromatic N) is 3. The van der Waals surface area contributed by atoms with E-state index in [1.807, 2.05) is 43.3 Å². The van der Waals surface area contributed by atoms with Crippen molar-refractivity contribution in [1.82, 2.24) is 25.7 Å². The summed E-state index contributed by atoms with van der Waals surface area (Å²) in [5, 5.41) is 9.43. The van der Waals surface area contributed by atoms with Crippen LogP contribution in [0, 0.1) is 6.92 Å². The molecule has 33 heavy (non-hydrogen) atoms. The quantitative estimate of drug-likeness (QED) is 0.540. The first-order valence-electron chi connectivity index (χ1n) is 10.5. The Morgan fingerprint density at radius 3 is 2.55 bits per heavy atom. The van der Waals surface area contributed by atoms with Crippen LogP contribution >= 0.6 is 0 Å². The highest BCUT2D eigenvalue weighted by Gasteiger charge is 2.17. The summed E-state index contributed by atoms with van der Waals surface area (Å²) in [6.07, 6.45) is 0.355. The topological polar surface area (TPSA) is 119 Å². The Balaban J connectivity index is 1.21. The van der Waals surface area contributed by atoms with Gasteiger partial charge in [-0.25, -0.2) is 4.79 Å². The van der Waals surface area contributed by atoms with Gasteiger partial charge in [-0.05, 0) is 30.2 Å². The van der Waals surface area contributed by atoms with Crippen molar-refractivity contribution in [2.45, 2.75) is 26.4 Å². The van der Waals surface area contributed by atoms with Crippen LogP contribution in [-0.4, -0.2) is 47.4 Å². The molecule has 3 amide bonds. The number of nitrogens with one attached hydrogen (secondary N) is 2. The Labute approximate surface area is 190 Å². The summed E-state index contributed by atoms with van der Waals surface area (Å²) in [5.74, 6) is 1.07. The van der Waals surface area contributed by atoms with E-state index in [1.165, 1.54) is 10.5 Å². The number of aryl methyl sites for hydroxylation is 1. The van der Waals surface area contributed by atoms with Crippen molar-refractivity contribution in [2.75, 3.05) is 20.4 Å². The second kappa shape index (κ2) is 10.0. The van der Waals surface area contributed by atoms with Gasteiger partial charge in [0, 0.05) is 33.1 Å². The normalized spacial score (nSPS) is 11.8. The Morgan fingerprint density at radius 1 is 1.00 bits per heavy atom. The summed E-state index contributed by atoms with van der Waals surface area (Å²) in [4.78, 5) is 30.2. The van der Waals surface area contributed by atoms with Crippen LogP contribution < -0.4 is 20.1 Å². The number of hydrogen-bond donors (Lipinski definition) is 2. The maximum atomic E-state index is 12.3. The molecule has 0 fully saturated rings. The molecular formula is C23H25N5O5. The third kappa shape index (κ3) is 5.79. The number of urea groups is 1. The Kier molecular flexibility index (Phi) is 6.72. The predicted molar refractivity (Wildman–Crippen MR) is 118 cm³/mol. The summed E-state index contributed by atoms with van der Waals surface area (Å²) in [6.45, 7) is 3.30. The van der Waals surface area contributed by atoms with Crippen LogP contribution in [0.5, 0.6) is 11.5 Å². The molecule has 172 valence electrons. The summed E-state index contributed by atoms with van der Waals surface area (Å²) < 4.78 is 15.7. The lowest BCUT2D eigenvalue weighted by Gasteiger charge is -2.17. The van der Waals surface area contributed by atoms with Crippen LogP contribution in [0.3, 0.4) is 0 Å². The highest BCUT2D eigenvalue weighted by atomic mass is 16.7. The minimum Gasteiger partial charge on any atom is -0.454 e. The number of rotatable bonds is 8. The zero-order valence-corrected chi connectivity index (χ0v) is 18.5. The molecule has 10 nitrogen and oxygen atoms in total. The largest absolute Gasteiger partial charge is 0.454 e. The van der Waals surface area contributed by atoms with Gasteiger partial charge in [0.1, 0.15) is 0 Å². The number of aromatic nitrogens is 2. The van der Waals surface area contributed by atoms with E-state index in [1.54, 1.807) is 13.1 Å². The fraction of sp³-hybridized carbons (Fsp3) is 0.304. The predicted octanol–water partition coefficient (Wildman–Crippen LogP) is 2.42. The first-order valence-corrected chi connectivity index (χ1v) is 10.5. The fourth-order valence-corrected chi connectivity index (χ4v) is 3.14. The monoisotopic (exact) mass is 451 g/mol. The number of likely N-dealkylation sites (N-methyl/N-ethyl adjacent to an activating group) is 1. The molecule has 0 bridgehead atoms. The molecule has 0 aliphatic carbocycles. The van der Waals surface area contributed by atoms with Gasteiger partial charge in [-0.1, -0.05) is 41.1 Å². The Morgan fingerprint density at radius 2 is 1.73 bits per heavy atom. The molecule has 2 aromatic carbocycles. The van der Waals surface area contributed by atoms with Crippen molar-refractivity contribution in [3.05, 3.63) is 70.9 Å². The zero-order valence-electron chi connectivity index (χ0n) is 18.5. The minimum atomic E-state index is -0.476. The van der Waals surface area contributed by atoms with Crippen LogP contribution in [0.1, 0.15) is 33.2 Å². The van der Waals surface area contributed by atoms with Crippen molar-refractivity contribution in [2.24, 2.45) is 0 Å². The molecule has 1 aromatic heterocycles. The summed E-state index contributed by atoms with van der Waals surface area (Å²) in [5.41, 5.74) is 3.05. The van der Waals surface area contributed by atoms with Gasteiger partial charge < -0.3 is 29.5 Å². The van der Waals surface area contributed by atoms with Gasteiger partial charge in [0.05, 0.1) is 0 Å². The van der Waals surface area contributed by atoms with Crippen LogP contribution in [-0.2, 0) is 19.5 Å².